The molecule has 1 fully saturated rings. The Labute approximate surface area is 319 Å². The average molecular weight is 729 g/mol. The molecule has 1 aliphatic heterocycles. The molecule has 1 aromatic heterocycles. The number of halogens is 1. The highest BCUT2D eigenvalue weighted by Crippen LogP contribution is 2.36. The van der Waals surface area contributed by atoms with Crippen molar-refractivity contribution in [3.63, 3.8) is 0 Å². The summed E-state index contributed by atoms with van der Waals surface area (Å²) < 4.78 is 19.0. The Balaban J connectivity index is 1.10. The van der Waals surface area contributed by atoms with E-state index in [9.17, 15) is 5.26 Å². The summed E-state index contributed by atoms with van der Waals surface area (Å²) in [5, 5.41) is 13.2. The molecule has 1 unspecified atom stereocenters. The molecule has 1 aliphatic rings. The highest BCUT2D eigenvalue weighted by Gasteiger charge is 2.23. The van der Waals surface area contributed by atoms with Gasteiger partial charge >= 0.3 is 0 Å². The first-order valence-electron chi connectivity index (χ1n) is 18.5. The van der Waals surface area contributed by atoms with Crippen LogP contribution in [0.2, 0.25) is 5.02 Å². The predicted molar refractivity (Wildman–Crippen MR) is 213 cm³/mol. The normalized spacial score (nSPS) is 14.3. The van der Waals surface area contributed by atoms with E-state index >= 15 is 0 Å². The lowest BCUT2D eigenvalue weighted by atomic mass is 9.93. The van der Waals surface area contributed by atoms with Crippen LogP contribution in [0.25, 0.3) is 11.1 Å². The molecule has 53 heavy (non-hydrogen) atoms. The van der Waals surface area contributed by atoms with Crippen molar-refractivity contribution in [3.8, 4) is 34.4 Å². The van der Waals surface area contributed by atoms with Gasteiger partial charge in [-0.05, 0) is 90.7 Å². The van der Waals surface area contributed by atoms with Gasteiger partial charge in [0.2, 0.25) is 0 Å². The summed E-state index contributed by atoms with van der Waals surface area (Å²) in [6.07, 6.45) is 5.46. The van der Waals surface area contributed by atoms with Crippen molar-refractivity contribution >= 4 is 11.6 Å². The van der Waals surface area contributed by atoms with Gasteiger partial charge in [0, 0.05) is 55.3 Å². The smallest absolute Gasteiger partial charge is 0.142 e. The highest BCUT2D eigenvalue weighted by molar-refractivity contribution is 6.32. The summed E-state index contributed by atoms with van der Waals surface area (Å²) in [7, 11) is 0. The quantitative estimate of drug-likeness (QED) is 0.101. The van der Waals surface area contributed by atoms with E-state index < -0.39 is 0 Å². The van der Waals surface area contributed by atoms with Crippen molar-refractivity contribution in [1.29, 1.82) is 5.26 Å². The SMILES string of the molecule is Cc1c(COc2cc(OCc3cncc(C#N)c3)c(CNC(C)C)cc2Cl)cccc1-c1cccc(OCCCN2CCC(c3ccccc3)C2)c1C. The van der Waals surface area contributed by atoms with E-state index in [0.717, 1.165) is 70.7 Å². The molecule has 0 aliphatic carbocycles. The minimum Gasteiger partial charge on any atom is -0.493 e. The standard InChI is InChI=1S/C45H49ClN4O3/c1-31(2)49-27-39-22-42(46)45(23-44(39)52-29-35-21-34(24-47)25-48-26-35)53-30-38-13-8-14-40(32(38)3)41-15-9-16-43(33(41)4)51-20-10-18-50-19-17-37(28-50)36-11-6-5-7-12-36/h5-9,11-16,21-23,25-26,31,37,49H,10,17-20,27-30H2,1-4H3. The molecule has 1 atom stereocenters. The number of aromatic nitrogens is 1. The Bertz CT molecular complexity index is 2030. The van der Waals surface area contributed by atoms with Crippen molar-refractivity contribution < 1.29 is 14.2 Å². The van der Waals surface area contributed by atoms with E-state index in [1.165, 1.54) is 18.2 Å². The lowest BCUT2D eigenvalue weighted by Crippen LogP contribution is -2.23. The van der Waals surface area contributed by atoms with Crippen LogP contribution in [-0.2, 0) is 19.8 Å². The second kappa shape index (κ2) is 18.3. The lowest BCUT2D eigenvalue weighted by molar-refractivity contribution is 0.261. The van der Waals surface area contributed by atoms with Gasteiger partial charge in [-0.3, -0.25) is 4.98 Å². The summed E-state index contributed by atoms with van der Waals surface area (Å²) in [4.78, 5) is 6.73. The van der Waals surface area contributed by atoms with Gasteiger partial charge in [0.15, 0.2) is 0 Å². The predicted octanol–water partition coefficient (Wildman–Crippen LogP) is 9.80. The van der Waals surface area contributed by atoms with Gasteiger partial charge in [-0.2, -0.15) is 5.26 Å². The van der Waals surface area contributed by atoms with E-state index in [1.54, 1.807) is 12.3 Å². The van der Waals surface area contributed by atoms with Crippen LogP contribution in [0.3, 0.4) is 0 Å². The number of nitriles is 1. The fourth-order valence-corrected chi connectivity index (χ4v) is 7.16. The van der Waals surface area contributed by atoms with Crippen molar-refractivity contribution in [2.75, 3.05) is 26.2 Å². The van der Waals surface area contributed by atoms with Crippen LogP contribution >= 0.6 is 11.6 Å². The molecule has 0 bridgehead atoms. The number of hydrogen-bond donors (Lipinski definition) is 1. The van der Waals surface area contributed by atoms with Gasteiger partial charge in [-0.25, -0.2) is 0 Å². The topological polar surface area (TPSA) is 79.6 Å². The molecule has 1 N–H and O–H groups in total. The second-order valence-corrected chi connectivity index (χ2v) is 14.5. The average Bonchev–Trinajstić information content (AvgIpc) is 3.65. The van der Waals surface area contributed by atoms with Gasteiger partial charge in [-0.15, -0.1) is 0 Å². The highest BCUT2D eigenvalue weighted by atomic mass is 35.5. The van der Waals surface area contributed by atoms with E-state index in [2.05, 4.69) is 116 Å². The summed E-state index contributed by atoms with van der Waals surface area (Å²) in [6.45, 7) is 13.7. The van der Waals surface area contributed by atoms with Crippen molar-refractivity contribution in [3.05, 3.63) is 141 Å². The fourth-order valence-electron chi connectivity index (χ4n) is 6.91. The van der Waals surface area contributed by atoms with Crippen molar-refractivity contribution in [1.82, 2.24) is 15.2 Å². The Morgan fingerprint density at radius 2 is 1.62 bits per heavy atom. The summed E-state index contributed by atoms with van der Waals surface area (Å²) in [6, 6.07) is 31.5. The molecule has 0 spiro atoms. The van der Waals surface area contributed by atoms with Crippen LogP contribution in [0.15, 0.2) is 97.3 Å². The van der Waals surface area contributed by atoms with Crippen molar-refractivity contribution in [2.45, 2.75) is 72.3 Å². The zero-order valence-corrected chi connectivity index (χ0v) is 32.0. The Hall–Kier alpha value is -4.87. The minimum atomic E-state index is 0.259. The molecule has 5 aromatic rings. The molecule has 0 saturated carbocycles. The molecule has 7 nitrogen and oxygen atoms in total. The van der Waals surface area contributed by atoms with Crippen LogP contribution in [0.4, 0.5) is 0 Å². The van der Waals surface area contributed by atoms with Gasteiger partial charge in [0.05, 0.1) is 17.2 Å². The number of likely N-dealkylation sites (tertiary alicyclic amines) is 1. The third-order valence-corrected chi connectivity index (χ3v) is 10.3. The maximum atomic E-state index is 9.29. The second-order valence-electron chi connectivity index (χ2n) is 14.1. The molecule has 4 aromatic carbocycles. The first-order chi connectivity index (χ1) is 25.8. The lowest BCUT2D eigenvalue weighted by Gasteiger charge is -2.19. The Morgan fingerprint density at radius 1 is 0.849 bits per heavy atom. The first kappa shape index (κ1) is 37.9. The van der Waals surface area contributed by atoms with Crippen LogP contribution in [0.1, 0.15) is 71.6 Å². The largest absolute Gasteiger partial charge is 0.493 e. The molecule has 0 radical (unpaired) electrons. The van der Waals surface area contributed by atoms with E-state index in [-0.39, 0.29) is 12.6 Å². The summed E-state index contributed by atoms with van der Waals surface area (Å²) in [5.41, 5.74) is 9.31. The minimum absolute atomic E-state index is 0.259. The van der Waals surface area contributed by atoms with E-state index in [0.29, 0.717) is 47.8 Å². The number of hydrogen-bond acceptors (Lipinski definition) is 7. The molecule has 6 rings (SSSR count). The summed E-state index contributed by atoms with van der Waals surface area (Å²) in [5.74, 6) is 2.76. The zero-order chi connectivity index (χ0) is 37.2. The van der Waals surface area contributed by atoms with Gasteiger partial charge < -0.3 is 24.4 Å². The number of nitrogens with one attached hydrogen (secondary N) is 1. The first-order valence-corrected chi connectivity index (χ1v) is 18.9. The van der Waals surface area contributed by atoms with Gasteiger partial charge in [0.25, 0.3) is 0 Å². The van der Waals surface area contributed by atoms with Crippen LogP contribution in [-0.4, -0.2) is 42.2 Å². The third-order valence-electron chi connectivity index (χ3n) is 9.96. The Morgan fingerprint density at radius 3 is 2.42 bits per heavy atom. The molecule has 2 heterocycles. The molecule has 8 heteroatoms. The third kappa shape index (κ3) is 9.97. The number of rotatable bonds is 16. The van der Waals surface area contributed by atoms with Crippen LogP contribution in [0.5, 0.6) is 17.2 Å². The number of pyridine rings is 1. The van der Waals surface area contributed by atoms with E-state index in [1.807, 2.05) is 12.1 Å². The fraction of sp³-hybridized carbons (Fsp3) is 0.333. The molecule has 0 amide bonds. The molecule has 274 valence electrons. The van der Waals surface area contributed by atoms with Gasteiger partial charge in [0.1, 0.15) is 36.5 Å². The Kier molecular flexibility index (Phi) is 13.0. The molecule has 1 saturated heterocycles. The van der Waals surface area contributed by atoms with Crippen molar-refractivity contribution in [2.24, 2.45) is 0 Å². The number of ether oxygens (including phenoxy) is 3. The van der Waals surface area contributed by atoms with Crippen LogP contribution < -0.4 is 19.5 Å². The summed E-state index contributed by atoms with van der Waals surface area (Å²) >= 11 is 6.79. The maximum Gasteiger partial charge on any atom is 0.142 e. The van der Waals surface area contributed by atoms with Crippen LogP contribution in [0, 0.1) is 25.2 Å². The monoisotopic (exact) mass is 728 g/mol. The molecular weight excluding hydrogens is 680 g/mol. The molecular formula is C45H49ClN4O3. The maximum absolute atomic E-state index is 9.29. The number of nitrogens with zero attached hydrogens (tertiary/aromatic N) is 3. The van der Waals surface area contributed by atoms with Gasteiger partial charge in [-0.1, -0.05) is 86.1 Å². The zero-order valence-electron chi connectivity index (χ0n) is 31.2. The number of benzene rings is 4. The van der Waals surface area contributed by atoms with E-state index in [4.69, 9.17) is 25.8 Å².